The molecule has 0 aliphatic carbocycles. The number of carboxylic acid groups (broad SMARTS) is 1. The first-order chi connectivity index (χ1) is 19.0. The summed E-state index contributed by atoms with van der Waals surface area (Å²) in [6.07, 6.45) is -0.106. The molecule has 3 rings (SSSR count). The van der Waals surface area contributed by atoms with Gasteiger partial charge < -0.3 is 26.5 Å². The Bertz CT molecular complexity index is 1500. The maximum atomic E-state index is 13.7. The predicted octanol–water partition coefficient (Wildman–Crippen LogP) is 0.839. The molecule has 0 spiro atoms. The van der Waals surface area contributed by atoms with Crippen LogP contribution in [0.15, 0.2) is 64.2 Å². The molecule has 40 heavy (non-hydrogen) atoms. The van der Waals surface area contributed by atoms with Crippen LogP contribution in [0.5, 0.6) is 0 Å². The number of H-pyrrole nitrogens is 1. The second-order valence-corrected chi connectivity index (χ2v) is 9.63. The van der Waals surface area contributed by atoms with Crippen molar-refractivity contribution in [3.05, 3.63) is 81.0 Å². The van der Waals surface area contributed by atoms with E-state index >= 15 is 0 Å². The first-order valence-electron chi connectivity index (χ1n) is 12.9. The van der Waals surface area contributed by atoms with Crippen LogP contribution in [-0.4, -0.2) is 50.4 Å². The molecule has 0 saturated carbocycles. The molecular weight excluding hydrogens is 518 g/mol. The van der Waals surface area contributed by atoms with Gasteiger partial charge in [-0.2, -0.15) is 0 Å². The Kier molecular flexibility index (Phi) is 9.96. The number of para-hydroxylation sites is 1. The predicted molar refractivity (Wildman–Crippen MR) is 147 cm³/mol. The summed E-state index contributed by atoms with van der Waals surface area (Å²) in [6.45, 7) is 3.43. The standard InChI is InChI=1S/C28H33N5O7/c1-3-16(2)23(27(38)39)32-24(35)20(13-14-22(29)34)30-25(36)21(15-17-9-5-4-6-10-17)33-26(37)18-11-7-8-12-19(18)31-28(33)40/h4-12,16,20-21,23H,3,13-15H2,1-2H3,(H2,29,34)(H,30,36)(H,31,40)(H,32,35)(H,38,39)/t16-,20+,21+,23+/m1/s1. The zero-order valence-corrected chi connectivity index (χ0v) is 22.3. The average Bonchev–Trinajstić information content (AvgIpc) is 2.93. The molecular formula is C28H33N5O7. The molecule has 212 valence electrons. The van der Waals surface area contributed by atoms with Gasteiger partial charge in [0.25, 0.3) is 5.56 Å². The number of rotatable bonds is 13. The summed E-state index contributed by atoms with van der Waals surface area (Å²) in [5, 5.41) is 14.8. The van der Waals surface area contributed by atoms with Crippen LogP contribution in [-0.2, 0) is 25.6 Å². The lowest BCUT2D eigenvalue weighted by molar-refractivity contribution is -0.144. The zero-order valence-electron chi connectivity index (χ0n) is 22.3. The van der Waals surface area contributed by atoms with Gasteiger partial charge in [0.2, 0.25) is 17.7 Å². The van der Waals surface area contributed by atoms with Gasteiger partial charge >= 0.3 is 11.7 Å². The fourth-order valence-corrected chi connectivity index (χ4v) is 4.36. The second kappa shape index (κ2) is 13.4. The van der Waals surface area contributed by atoms with Crippen LogP contribution < -0.4 is 27.6 Å². The molecule has 3 amide bonds. The lowest BCUT2D eigenvalue weighted by Gasteiger charge is -2.26. The molecule has 12 nitrogen and oxygen atoms in total. The number of amides is 3. The maximum Gasteiger partial charge on any atom is 0.329 e. The lowest BCUT2D eigenvalue weighted by atomic mass is 9.98. The number of hydrogen-bond acceptors (Lipinski definition) is 6. The third-order valence-corrected chi connectivity index (χ3v) is 6.81. The van der Waals surface area contributed by atoms with E-state index in [0.29, 0.717) is 17.5 Å². The minimum atomic E-state index is -1.38. The number of aromatic amines is 1. The van der Waals surface area contributed by atoms with Gasteiger partial charge in [-0.25, -0.2) is 14.2 Å². The summed E-state index contributed by atoms with van der Waals surface area (Å²) in [6, 6.07) is 11.1. The number of nitrogens with one attached hydrogen (secondary N) is 3. The number of primary amides is 1. The van der Waals surface area contributed by atoms with Crippen molar-refractivity contribution in [2.75, 3.05) is 0 Å². The Morgan fingerprint density at radius 2 is 1.62 bits per heavy atom. The van der Waals surface area contributed by atoms with Gasteiger partial charge in [-0.15, -0.1) is 0 Å². The molecule has 12 heteroatoms. The van der Waals surface area contributed by atoms with Crippen LogP contribution in [0.2, 0.25) is 0 Å². The highest BCUT2D eigenvalue weighted by Gasteiger charge is 2.32. The monoisotopic (exact) mass is 551 g/mol. The van der Waals surface area contributed by atoms with E-state index < -0.39 is 59.0 Å². The van der Waals surface area contributed by atoms with Crippen molar-refractivity contribution in [1.82, 2.24) is 20.2 Å². The second-order valence-electron chi connectivity index (χ2n) is 9.63. The summed E-state index contributed by atoms with van der Waals surface area (Å²) in [5.74, 6) is -4.08. The van der Waals surface area contributed by atoms with Crippen molar-refractivity contribution < 1.29 is 24.3 Å². The fourth-order valence-electron chi connectivity index (χ4n) is 4.36. The van der Waals surface area contributed by atoms with Gasteiger partial charge in [0.15, 0.2) is 0 Å². The van der Waals surface area contributed by atoms with Crippen molar-refractivity contribution in [3.8, 4) is 0 Å². The van der Waals surface area contributed by atoms with E-state index in [4.69, 9.17) is 5.73 Å². The molecule has 0 unspecified atom stereocenters. The molecule has 0 aliphatic heterocycles. The highest BCUT2D eigenvalue weighted by atomic mass is 16.4. The largest absolute Gasteiger partial charge is 0.480 e. The number of benzene rings is 2. The van der Waals surface area contributed by atoms with Crippen molar-refractivity contribution in [1.29, 1.82) is 0 Å². The molecule has 1 heterocycles. The van der Waals surface area contributed by atoms with Crippen molar-refractivity contribution >= 4 is 34.6 Å². The third-order valence-electron chi connectivity index (χ3n) is 6.81. The molecule has 0 bridgehead atoms. The number of nitrogens with two attached hydrogens (primary N) is 1. The number of nitrogens with zero attached hydrogens (tertiary/aromatic N) is 1. The summed E-state index contributed by atoms with van der Waals surface area (Å²) in [4.78, 5) is 79.3. The Labute approximate surface area is 229 Å². The third kappa shape index (κ3) is 7.22. The van der Waals surface area contributed by atoms with Crippen LogP contribution in [0.3, 0.4) is 0 Å². The first-order valence-corrected chi connectivity index (χ1v) is 12.9. The number of carbonyl (C=O) groups is 4. The van der Waals surface area contributed by atoms with Crippen LogP contribution >= 0.6 is 0 Å². The van der Waals surface area contributed by atoms with Gasteiger partial charge in [-0.3, -0.25) is 19.2 Å². The SMILES string of the molecule is CC[C@@H](C)[C@H](NC(=O)[C@H](CCC(N)=O)NC(=O)[C@H](Cc1ccccc1)n1c(=O)[nH]c2ccccc2c1=O)C(=O)O. The van der Waals surface area contributed by atoms with E-state index in [1.54, 1.807) is 62.4 Å². The molecule has 1 aromatic heterocycles. The van der Waals surface area contributed by atoms with Crippen LogP contribution in [0, 0.1) is 5.92 Å². The Morgan fingerprint density at radius 3 is 2.25 bits per heavy atom. The number of carbonyl (C=O) groups excluding carboxylic acids is 3. The zero-order chi connectivity index (χ0) is 29.4. The smallest absolute Gasteiger partial charge is 0.329 e. The minimum Gasteiger partial charge on any atom is -0.480 e. The van der Waals surface area contributed by atoms with Gasteiger partial charge in [0.05, 0.1) is 10.9 Å². The molecule has 4 atom stereocenters. The van der Waals surface area contributed by atoms with Crippen molar-refractivity contribution in [3.63, 3.8) is 0 Å². The normalized spacial score (nSPS) is 14.1. The quantitative estimate of drug-likeness (QED) is 0.208. The van der Waals surface area contributed by atoms with Gasteiger partial charge in [-0.05, 0) is 30.0 Å². The molecule has 0 saturated heterocycles. The van der Waals surface area contributed by atoms with E-state index in [0.717, 1.165) is 4.57 Å². The summed E-state index contributed by atoms with van der Waals surface area (Å²) in [7, 11) is 0. The van der Waals surface area contributed by atoms with Crippen molar-refractivity contribution in [2.24, 2.45) is 11.7 Å². The van der Waals surface area contributed by atoms with E-state index in [2.05, 4.69) is 15.6 Å². The maximum absolute atomic E-state index is 13.7. The fraction of sp³-hybridized carbons (Fsp3) is 0.357. The highest BCUT2D eigenvalue weighted by Crippen LogP contribution is 2.15. The molecule has 0 radical (unpaired) electrons. The number of fused-ring (bicyclic) bond motifs is 1. The average molecular weight is 552 g/mol. The molecule has 0 aliphatic rings. The summed E-state index contributed by atoms with van der Waals surface area (Å²) < 4.78 is 0.799. The molecule has 6 N–H and O–H groups in total. The van der Waals surface area contributed by atoms with Gasteiger partial charge in [-0.1, -0.05) is 62.7 Å². The Hall–Kier alpha value is -4.74. The van der Waals surface area contributed by atoms with E-state index in [1.165, 1.54) is 6.07 Å². The van der Waals surface area contributed by atoms with E-state index in [9.17, 15) is 33.9 Å². The van der Waals surface area contributed by atoms with E-state index in [-0.39, 0.29) is 24.6 Å². The van der Waals surface area contributed by atoms with Crippen LogP contribution in [0.25, 0.3) is 10.9 Å². The number of carboxylic acids is 1. The Balaban J connectivity index is 2.02. The van der Waals surface area contributed by atoms with Gasteiger partial charge in [0.1, 0.15) is 18.1 Å². The van der Waals surface area contributed by atoms with Crippen LogP contribution in [0.4, 0.5) is 0 Å². The summed E-state index contributed by atoms with van der Waals surface area (Å²) >= 11 is 0. The topological polar surface area (TPSA) is 193 Å². The minimum absolute atomic E-state index is 0.0667. The molecule has 0 fully saturated rings. The molecule has 2 aromatic carbocycles. The van der Waals surface area contributed by atoms with E-state index in [1.807, 2.05) is 0 Å². The highest BCUT2D eigenvalue weighted by molar-refractivity contribution is 5.92. The van der Waals surface area contributed by atoms with Crippen molar-refractivity contribution in [2.45, 2.75) is 57.7 Å². The van der Waals surface area contributed by atoms with Gasteiger partial charge in [0, 0.05) is 12.8 Å². The summed E-state index contributed by atoms with van der Waals surface area (Å²) in [5.41, 5.74) is 4.69. The number of aliphatic carboxylic acids is 1. The molecule has 3 aromatic rings. The first kappa shape index (κ1) is 29.8. The lowest BCUT2D eigenvalue weighted by Crippen LogP contribution is -2.55. The van der Waals surface area contributed by atoms with Crippen LogP contribution in [0.1, 0.15) is 44.7 Å². The Morgan fingerprint density at radius 1 is 0.975 bits per heavy atom. The number of hydrogen-bond donors (Lipinski definition) is 5. The number of aromatic nitrogens is 2.